The van der Waals surface area contributed by atoms with Crippen molar-refractivity contribution in [1.29, 1.82) is 0 Å². The lowest BCUT2D eigenvalue weighted by Crippen LogP contribution is -2.29. The second kappa shape index (κ2) is 5.29. The number of rotatable bonds is 1. The van der Waals surface area contributed by atoms with Gasteiger partial charge in [-0.1, -0.05) is 53.6 Å². The Kier molecular flexibility index (Phi) is 3.39. The molecule has 22 heavy (non-hydrogen) atoms. The van der Waals surface area contributed by atoms with E-state index in [1.54, 1.807) is 0 Å². The summed E-state index contributed by atoms with van der Waals surface area (Å²) in [7, 11) is 0. The molecular formula is C18H14Cl2FN. The number of fused-ring (bicyclic) bond motifs is 3. The molecule has 0 spiro atoms. The third-order valence-electron chi connectivity index (χ3n) is 4.66. The summed E-state index contributed by atoms with van der Waals surface area (Å²) in [6, 6.07) is 10.7. The molecule has 0 saturated heterocycles. The standard InChI is InChI=1S/C18H14Cl2FN/c19-15-9-8-14-12-2-1-3-13(12)17(22-18(14)16(15)20)10-4-6-11(21)7-5-10/h1-2,4-9,12-13,17,22H,3H2. The highest BCUT2D eigenvalue weighted by atomic mass is 35.5. The lowest BCUT2D eigenvalue weighted by Gasteiger charge is -2.38. The number of hydrogen-bond donors (Lipinski definition) is 1. The molecule has 3 unspecified atom stereocenters. The van der Waals surface area contributed by atoms with Crippen molar-refractivity contribution < 1.29 is 4.39 Å². The van der Waals surface area contributed by atoms with Crippen LogP contribution in [0.25, 0.3) is 0 Å². The zero-order valence-corrected chi connectivity index (χ0v) is 13.2. The van der Waals surface area contributed by atoms with Crippen LogP contribution in [0.4, 0.5) is 10.1 Å². The average Bonchev–Trinajstić information content (AvgIpc) is 3.01. The molecule has 0 fully saturated rings. The maximum Gasteiger partial charge on any atom is 0.123 e. The van der Waals surface area contributed by atoms with Crippen molar-refractivity contribution in [2.45, 2.75) is 18.4 Å². The molecule has 0 aromatic heterocycles. The van der Waals surface area contributed by atoms with Crippen LogP contribution in [-0.4, -0.2) is 0 Å². The molecule has 4 heteroatoms. The van der Waals surface area contributed by atoms with E-state index < -0.39 is 0 Å². The fourth-order valence-corrected chi connectivity index (χ4v) is 3.99. The van der Waals surface area contributed by atoms with Gasteiger partial charge in [0.1, 0.15) is 5.82 Å². The van der Waals surface area contributed by atoms with E-state index in [0.717, 1.165) is 17.7 Å². The Morgan fingerprint density at radius 1 is 1.05 bits per heavy atom. The first-order valence-corrected chi connectivity index (χ1v) is 8.07. The van der Waals surface area contributed by atoms with Gasteiger partial charge in [-0.05, 0) is 41.7 Å². The van der Waals surface area contributed by atoms with E-state index in [1.165, 1.54) is 17.7 Å². The minimum absolute atomic E-state index is 0.101. The van der Waals surface area contributed by atoms with Gasteiger partial charge in [-0.2, -0.15) is 0 Å². The average molecular weight is 334 g/mol. The zero-order valence-electron chi connectivity index (χ0n) is 11.7. The Morgan fingerprint density at radius 3 is 2.59 bits per heavy atom. The quantitative estimate of drug-likeness (QED) is 0.635. The van der Waals surface area contributed by atoms with E-state index in [0.29, 0.717) is 21.9 Å². The van der Waals surface area contributed by atoms with Crippen LogP contribution < -0.4 is 5.32 Å². The molecule has 1 aliphatic heterocycles. The minimum Gasteiger partial charge on any atom is -0.376 e. The zero-order chi connectivity index (χ0) is 15.3. The van der Waals surface area contributed by atoms with Gasteiger partial charge in [0.2, 0.25) is 0 Å². The third kappa shape index (κ3) is 2.13. The number of anilines is 1. The van der Waals surface area contributed by atoms with Crippen molar-refractivity contribution in [2.24, 2.45) is 5.92 Å². The molecule has 4 rings (SSSR count). The number of halogens is 3. The summed E-state index contributed by atoms with van der Waals surface area (Å²) >= 11 is 12.6. The maximum absolute atomic E-state index is 13.2. The van der Waals surface area contributed by atoms with E-state index in [2.05, 4.69) is 17.5 Å². The van der Waals surface area contributed by atoms with Crippen molar-refractivity contribution >= 4 is 28.9 Å². The molecule has 1 nitrogen and oxygen atoms in total. The second-order valence-corrected chi connectivity index (χ2v) is 6.64. The molecule has 0 saturated carbocycles. The lowest BCUT2D eigenvalue weighted by molar-refractivity contribution is 0.425. The van der Waals surface area contributed by atoms with Crippen molar-refractivity contribution in [3.63, 3.8) is 0 Å². The first-order valence-electron chi connectivity index (χ1n) is 7.31. The van der Waals surface area contributed by atoms with E-state index in [1.807, 2.05) is 24.3 Å². The fraction of sp³-hybridized carbons (Fsp3) is 0.222. The van der Waals surface area contributed by atoms with Crippen LogP contribution in [0.15, 0.2) is 48.6 Å². The fourth-order valence-electron chi connectivity index (χ4n) is 3.60. The molecule has 0 radical (unpaired) electrons. The van der Waals surface area contributed by atoms with Gasteiger partial charge in [0.15, 0.2) is 0 Å². The highest BCUT2D eigenvalue weighted by Crippen LogP contribution is 2.52. The van der Waals surface area contributed by atoms with Gasteiger partial charge in [-0.25, -0.2) is 4.39 Å². The molecule has 0 bridgehead atoms. The molecular weight excluding hydrogens is 320 g/mol. The molecule has 1 N–H and O–H groups in total. The Hall–Kier alpha value is -1.51. The van der Waals surface area contributed by atoms with Gasteiger partial charge in [-0.3, -0.25) is 0 Å². The Balaban J connectivity index is 1.82. The largest absolute Gasteiger partial charge is 0.376 e. The van der Waals surface area contributed by atoms with Crippen LogP contribution in [0.2, 0.25) is 10.0 Å². The molecule has 0 amide bonds. The van der Waals surface area contributed by atoms with E-state index >= 15 is 0 Å². The molecule has 2 aromatic rings. The lowest BCUT2D eigenvalue weighted by atomic mass is 9.77. The van der Waals surface area contributed by atoms with Gasteiger partial charge in [-0.15, -0.1) is 0 Å². The van der Waals surface area contributed by atoms with Crippen LogP contribution in [0.5, 0.6) is 0 Å². The summed E-state index contributed by atoms with van der Waals surface area (Å²) in [5.74, 6) is 0.512. The molecule has 1 heterocycles. The second-order valence-electron chi connectivity index (χ2n) is 5.85. The Morgan fingerprint density at radius 2 is 1.82 bits per heavy atom. The molecule has 3 atom stereocenters. The smallest absolute Gasteiger partial charge is 0.123 e. The predicted molar refractivity (Wildman–Crippen MR) is 89.2 cm³/mol. The first kappa shape index (κ1) is 14.1. The molecule has 112 valence electrons. The molecule has 1 aliphatic carbocycles. The van der Waals surface area contributed by atoms with Gasteiger partial charge in [0, 0.05) is 5.92 Å². The van der Waals surface area contributed by atoms with Crippen molar-refractivity contribution in [3.8, 4) is 0 Å². The number of allylic oxidation sites excluding steroid dienone is 2. The number of hydrogen-bond acceptors (Lipinski definition) is 1. The van der Waals surface area contributed by atoms with Gasteiger partial charge in [0.05, 0.1) is 21.8 Å². The summed E-state index contributed by atoms with van der Waals surface area (Å²) in [6.45, 7) is 0. The van der Waals surface area contributed by atoms with E-state index in [9.17, 15) is 4.39 Å². The third-order valence-corrected chi connectivity index (χ3v) is 5.46. The summed E-state index contributed by atoms with van der Waals surface area (Å²) in [5.41, 5.74) is 3.16. The normalized spacial score (nSPS) is 25.5. The van der Waals surface area contributed by atoms with Crippen molar-refractivity contribution in [2.75, 3.05) is 5.32 Å². The van der Waals surface area contributed by atoms with Gasteiger partial charge < -0.3 is 5.32 Å². The number of nitrogens with one attached hydrogen (secondary N) is 1. The predicted octanol–water partition coefficient (Wildman–Crippen LogP) is 5.96. The van der Waals surface area contributed by atoms with Crippen molar-refractivity contribution in [1.82, 2.24) is 0 Å². The topological polar surface area (TPSA) is 12.0 Å². The van der Waals surface area contributed by atoms with Crippen molar-refractivity contribution in [3.05, 3.63) is 75.5 Å². The molecule has 2 aliphatic rings. The van der Waals surface area contributed by atoms with Gasteiger partial charge >= 0.3 is 0 Å². The number of benzene rings is 2. The minimum atomic E-state index is -0.220. The van der Waals surface area contributed by atoms with Crippen LogP contribution >= 0.6 is 23.2 Å². The molecule has 2 aromatic carbocycles. The SMILES string of the molecule is Fc1ccc(C2Nc3c(ccc(Cl)c3Cl)C3C=CCC32)cc1. The van der Waals surface area contributed by atoms with Crippen LogP contribution in [0.1, 0.15) is 29.5 Å². The Labute approximate surface area is 138 Å². The summed E-state index contributed by atoms with van der Waals surface area (Å²) in [6.07, 6.45) is 5.45. The van der Waals surface area contributed by atoms with Gasteiger partial charge in [0.25, 0.3) is 0 Å². The first-order chi connectivity index (χ1) is 10.6. The van der Waals surface area contributed by atoms with Crippen LogP contribution in [0, 0.1) is 11.7 Å². The highest BCUT2D eigenvalue weighted by Gasteiger charge is 2.38. The highest BCUT2D eigenvalue weighted by molar-refractivity contribution is 6.43. The van der Waals surface area contributed by atoms with Crippen LogP contribution in [0.3, 0.4) is 0 Å². The maximum atomic E-state index is 13.2. The summed E-state index contributed by atoms with van der Waals surface area (Å²) in [5, 5.41) is 4.64. The van der Waals surface area contributed by atoms with E-state index in [4.69, 9.17) is 23.2 Å². The Bertz CT molecular complexity index is 754. The van der Waals surface area contributed by atoms with E-state index in [-0.39, 0.29) is 11.9 Å². The van der Waals surface area contributed by atoms with Crippen LogP contribution in [-0.2, 0) is 0 Å². The monoisotopic (exact) mass is 333 g/mol. The summed E-state index contributed by atoms with van der Waals surface area (Å²) in [4.78, 5) is 0. The summed E-state index contributed by atoms with van der Waals surface area (Å²) < 4.78 is 13.2.